The first-order valence-electron chi connectivity index (χ1n) is 4.21. The Hall–Kier alpha value is -1.96. The van der Waals surface area contributed by atoms with E-state index in [-0.39, 0.29) is 5.69 Å². The second kappa shape index (κ2) is 3.89. The molecule has 0 saturated heterocycles. The average molecular weight is 283 g/mol. The second-order valence-electron chi connectivity index (χ2n) is 2.91. The Morgan fingerprint density at radius 3 is 2.81 bits per heavy atom. The largest absolute Gasteiger partial charge is 0.383 e. The lowest BCUT2D eigenvalue weighted by atomic mass is 10.4. The van der Waals surface area contributed by atoms with Gasteiger partial charge in [0.05, 0.1) is 0 Å². The van der Waals surface area contributed by atoms with E-state index in [1.165, 1.54) is 17.1 Å². The lowest BCUT2D eigenvalue weighted by molar-refractivity contribution is 0.0995. The van der Waals surface area contributed by atoms with Crippen molar-refractivity contribution in [2.24, 2.45) is 5.73 Å². The molecule has 0 spiro atoms. The summed E-state index contributed by atoms with van der Waals surface area (Å²) in [4.78, 5) is 18.7. The maximum atomic E-state index is 10.9. The lowest BCUT2D eigenvalue weighted by Gasteiger charge is -2.03. The number of anilines is 1. The van der Waals surface area contributed by atoms with Gasteiger partial charge >= 0.3 is 0 Å². The molecule has 0 unspecified atom stereocenters. The van der Waals surface area contributed by atoms with Crippen LogP contribution in [0, 0.1) is 0 Å². The Balaban J connectivity index is 2.50. The van der Waals surface area contributed by atoms with Gasteiger partial charge in [0, 0.05) is 6.20 Å². The highest BCUT2D eigenvalue weighted by molar-refractivity contribution is 9.10. The summed E-state index contributed by atoms with van der Waals surface area (Å²) in [7, 11) is 0. The van der Waals surface area contributed by atoms with Crippen LogP contribution >= 0.6 is 15.9 Å². The van der Waals surface area contributed by atoms with Gasteiger partial charge < -0.3 is 11.5 Å². The molecular formula is C8H7BrN6O. The van der Waals surface area contributed by atoms with E-state index in [0.29, 0.717) is 16.1 Å². The van der Waals surface area contributed by atoms with E-state index in [0.717, 1.165) is 0 Å². The molecule has 82 valence electrons. The number of rotatable bonds is 2. The van der Waals surface area contributed by atoms with Crippen LogP contribution in [0.15, 0.2) is 23.1 Å². The summed E-state index contributed by atoms with van der Waals surface area (Å²) in [5, 5.41) is 3.95. The fraction of sp³-hybridized carbons (Fsp3) is 0. The number of carbonyl (C=O) groups is 1. The van der Waals surface area contributed by atoms with Crippen molar-refractivity contribution in [2.45, 2.75) is 0 Å². The van der Waals surface area contributed by atoms with E-state index >= 15 is 0 Å². The molecule has 2 aromatic rings. The van der Waals surface area contributed by atoms with Crippen LogP contribution in [-0.4, -0.2) is 25.7 Å². The van der Waals surface area contributed by atoms with Crippen LogP contribution in [0.5, 0.6) is 0 Å². The molecular weight excluding hydrogens is 276 g/mol. The maximum Gasteiger partial charge on any atom is 0.269 e. The number of carbonyl (C=O) groups excluding carboxylic acids is 1. The van der Waals surface area contributed by atoms with Gasteiger partial charge in [-0.3, -0.25) is 4.79 Å². The van der Waals surface area contributed by atoms with Crippen LogP contribution in [0.25, 0.3) is 5.82 Å². The average Bonchev–Trinajstić information content (AvgIpc) is 2.71. The van der Waals surface area contributed by atoms with Gasteiger partial charge in [0.1, 0.15) is 22.3 Å². The molecule has 0 atom stereocenters. The third-order valence-electron chi connectivity index (χ3n) is 1.86. The highest BCUT2D eigenvalue weighted by Gasteiger charge is 2.11. The van der Waals surface area contributed by atoms with Gasteiger partial charge in [0.2, 0.25) is 0 Å². The molecule has 0 radical (unpaired) electrons. The van der Waals surface area contributed by atoms with Crippen molar-refractivity contribution in [3.63, 3.8) is 0 Å². The molecule has 0 saturated carbocycles. The quantitative estimate of drug-likeness (QED) is 0.811. The molecule has 0 aliphatic carbocycles. The predicted octanol–water partition coefficient (Wildman–Crippen LogP) is 0.106. The van der Waals surface area contributed by atoms with E-state index in [1.54, 1.807) is 6.20 Å². The van der Waals surface area contributed by atoms with Gasteiger partial charge in [0.25, 0.3) is 5.91 Å². The third-order valence-corrected chi connectivity index (χ3v) is 2.62. The molecule has 1 amide bonds. The first kappa shape index (κ1) is 10.6. The van der Waals surface area contributed by atoms with Crippen molar-refractivity contribution in [1.29, 1.82) is 0 Å². The summed E-state index contributed by atoms with van der Waals surface area (Å²) in [6, 6.07) is 1.49. The zero-order chi connectivity index (χ0) is 11.7. The minimum atomic E-state index is -0.600. The highest BCUT2D eigenvalue weighted by atomic mass is 79.9. The van der Waals surface area contributed by atoms with Crippen molar-refractivity contribution in [1.82, 2.24) is 19.7 Å². The molecule has 0 bridgehead atoms. The zero-order valence-corrected chi connectivity index (χ0v) is 9.55. The molecule has 8 heteroatoms. The minimum Gasteiger partial charge on any atom is -0.383 e. The number of nitrogens with two attached hydrogens (primary N) is 2. The number of aromatic nitrogens is 4. The minimum absolute atomic E-state index is 0.157. The smallest absolute Gasteiger partial charge is 0.269 e. The number of hydrogen-bond donors (Lipinski definition) is 2. The van der Waals surface area contributed by atoms with Gasteiger partial charge in [-0.25, -0.2) is 14.6 Å². The Bertz CT molecular complexity index is 551. The van der Waals surface area contributed by atoms with Gasteiger partial charge in [0.15, 0.2) is 5.82 Å². The van der Waals surface area contributed by atoms with Gasteiger partial charge in [-0.15, -0.1) is 0 Å². The lowest BCUT2D eigenvalue weighted by Crippen LogP contribution is -2.12. The first-order chi connectivity index (χ1) is 7.59. The van der Waals surface area contributed by atoms with E-state index in [4.69, 9.17) is 11.5 Å². The molecule has 0 fully saturated rings. The molecule has 2 rings (SSSR count). The predicted molar refractivity (Wildman–Crippen MR) is 59.8 cm³/mol. The molecule has 0 aromatic carbocycles. The first-order valence-corrected chi connectivity index (χ1v) is 5.00. The normalized spacial score (nSPS) is 10.3. The second-order valence-corrected chi connectivity index (χ2v) is 3.70. The summed E-state index contributed by atoms with van der Waals surface area (Å²) in [5.74, 6) is 0.137. The molecule has 2 heterocycles. The molecule has 4 N–H and O–H groups in total. The molecule has 16 heavy (non-hydrogen) atoms. The highest BCUT2D eigenvalue weighted by Crippen LogP contribution is 2.22. The monoisotopic (exact) mass is 282 g/mol. The van der Waals surface area contributed by atoms with Crippen LogP contribution in [0.2, 0.25) is 0 Å². The van der Waals surface area contributed by atoms with Crippen molar-refractivity contribution in [3.8, 4) is 5.82 Å². The zero-order valence-electron chi connectivity index (χ0n) is 7.96. The van der Waals surface area contributed by atoms with Crippen molar-refractivity contribution in [2.75, 3.05) is 5.73 Å². The fourth-order valence-corrected chi connectivity index (χ4v) is 1.49. The van der Waals surface area contributed by atoms with E-state index in [1.807, 2.05) is 0 Å². The number of halogens is 1. The van der Waals surface area contributed by atoms with Crippen LogP contribution in [0.4, 0.5) is 5.82 Å². The topological polar surface area (TPSA) is 113 Å². The summed E-state index contributed by atoms with van der Waals surface area (Å²) in [6.45, 7) is 0. The van der Waals surface area contributed by atoms with E-state index in [9.17, 15) is 4.79 Å². The Morgan fingerprint density at radius 1 is 1.44 bits per heavy atom. The number of nitrogens with zero attached hydrogens (tertiary/aromatic N) is 4. The number of amides is 1. The van der Waals surface area contributed by atoms with Gasteiger partial charge in [-0.1, -0.05) is 0 Å². The SMILES string of the molecule is NC(=O)c1ccn(-c2ncnc(N)c2Br)n1. The summed E-state index contributed by atoms with van der Waals surface area (Å²) >= 11 is 3.24. The molecule has 0 aliphatic heterocycles. The third kappa shape index (κ3) is 1.74. The van der Waals surface area contributed by atoms with Crippen LogP contribution < -0.4 is 11.5 Å². The molecule has 2 aromatic heterocycles. The van der Waals surface area contributed by atoms with Crippen LogP contribution in [-0.2, 0) is 0 Å². The van der Waals surface area contributed by atoms with E-state index in [2.05, 4.69) is 31.0 Å². The number of primary amides is 1. The Labute approximate surface area is 98.6 Å². The fourth-order valence-electron chi connectivity index (χ4n) is 1.11. The Kier molecular flexibility index (Phi) is 2.57. The van der Waals surface area contributed by atoms with Crippen molar-refractivity contribution >= 4 is 27.7 Å². The van der Waals surface area contributed by atoms with Crippen molar-refractivity contribution < 1.29 is 4.79 Å². The van der Waals surface area contributed by atoms with Crippen molar-refractivity contribution in [3.05, 3.63) is 28.8 Å². The summed E-state index contributed by atoms with van der Waals surface area (Å²) < 4.78 is 1.90. The molecule has 7 nitrogen and oxygen atoms in total. The van der Waals surface area contributed by atoms with Crippen LogP contribution in [0.3, 0.4) is 0 Å². The molecule has 0 aliphatic rings. The van der Waals surface area contributed by atoms with Gasteiger partial charge in [-0.2, -0.15) is 5.10 Å². The summed E-state index contributed by atoms with van der Waals surface area (Å²) in [5.41, 5.74) is 10.8. The van der Waals surface area contributed by atoms with E-state index < -0.39 is 5.91 Å². The van der Waals surface area contributed by atoms with Gasteiger partial charge in [-0.05, 0) is 22.0 Å². The number of nitrogen functional groups attached to an aromatic ring is 1. The Morgan fingerprint density at radius 2 is 2.19 bits per heavy atom. The maximum absolute atomic E-state index is 10.9. The van der Waals surface area contributed by atoms with Crippen LogP contribution in [0.1, 0.15) is 10.5 Å². The number of hydrogen-bond acceptors (Lipinski definition) is 5. The summed E-state index contributed by atoms with van der Waals surface area (Å²) in [6.07, 6.45) is 2.87. The standard InChI is InChI=1S/C8H7BrN6O/c9-5-6(10)12-3-13-8(5)15-2-1-4(14-15)7(11)16/h1-3H,(H2,11,16)(H2,10,12,13).